The lowest BCUT2D eigenvalue weighted by molar-refractivity contribution is -0.331. The molecule has 0 saturated heterocycles. The van der Waals surface area contributed by atoms with Crippen molar-refractivity contribution in [1.82, 2.24) is 0 Å². The average Bonchev–Trinajstić information content (AvgIpc) is 1.51. The van der Waals surface area contributed by atoms with Crippen LogP contribution < -0.4 is 75.8 Å². The van der Waals surface area contributed by atoms with Gasteiger partial charge in [0.15, 0.2) is 92.0 Å². The summed E-state index contributed by atoms with van der Waals surface area (Å²) in [5, 5.41) is 14.7. The summed E-state index contributed by atoms with van der Waals surface area (Å²) in [6, 6.07) is 80.2. The SMILES string of the molecule is CCCCCC.c1ccc2c3c4c(cc2c1)OC1(Oc2cc5ccccc5c(c2O1)-c1c2c(cc5ccccc15)OC1(Oc5cc6ccccc6c-3c5O1)O2)O4.c1ccc2c3c4c(cc2c1)OC1(Oc2cc5ccccc5c(c2O1)-c1c2c(cc5ccccc15)OC1(Oc5cc6ccccc6c-3c5O1)O2)O4. The second-order valence-electron chi connectivity index (χ2n) is 27.7. The van der Waals surface area contributed by atoms with Gasteiger partial charge in [-0.25, -0.2) is 0 Å². The Kier molecular flexibility index (Phi) is 11.3. The molecule has 16 heteroatoms. The molecule has 10 aliphatic rings. The van der Waals surface area contributed by atoms with E-state index in [4.69, 9.17) is 75.8 Å². The molecule has 0 unspecified atom stereocenters. The largest absolute Gasteiger partial charge is 0.611 e. The molecule has 16 aromatic rings. The average molecular weight is 1390 g/mol. The monoisotopic (exact) mass is 1390 g/mol. The van der Waals surface area contributed by atoms with Crippen LogP contribution in [0.5, 0.6) is 92.0 Å². The van der Waals surface area contributed by atoms with Crippen LogP contribution in [0.2, 0.25) is 0 Å². The van der Waals surface area contributed by atoms with Gasteiger partial charge < -0.3 is 75.8 Å². The van der Waals surface area contributed by atoms with Gasteiger partial charge in [0.2, 0.25) is 0 Å². The van der Waals surface area contributed by atoms with Gasteiger partial charge in [-0.2, -0.15) is 0 Å². The van der Waals surface area contributed by atoms with Gasteiger partial charge in [0.25, 0.3) is 0 Å². The first-order valence-electron chi connectivity index (χ1n) is 35.7. The van der Waals surface area contributed by atoms with Crippen LogP contribution in [0.15, 0.2) is 243 Å². The molecule has 10 aliphatic heterocycles. The highest BCUT2D eigenvalue weighted by atomic mass is 17.1. The molecule has 0 radical (unpaired) electrons. The van der Waals surface area contributed by atoms with Crippen molar-refractivity contribution in [3.63, 3.8) is 0 Å². The second-order valence-corrected chi connectivity index (χ2v) is 27.7. The van der Waals surface area contributed by atoms with Gasteiger partial charge in [-0.15, -0.1) is 0 Å². The number of rotatable bonds is 3. The van der Waals surface area contributed by atoms with Crippen LogP contribution in [0.3, 0.4) is 0 Å². The third-order valence-corrected chi connectivity index (χ3v) is 21.4. The lowest BCUT2D eigenvalue weighted by Gasteiger charge is -2.21. The third-order valence-electron chi connectivity index (χ3n) is 21.4. The summed E-state index contributed by atoms with van der Waals surface area (Å²) >= 11 is 0. The Morgan fingerprint density at radius 2 is 0.311 bits per heavy atom. The van der Waals surface area contributed by atoms with E-state index < -0.39 is 24.6 Å². The Labute approximate surface area is 602 Å². The topological polar surface area (TPSA) is 148 Å². The fourth-order valence-corrected chi connectivity index (χ4v) is 16.9. The molecule has 26 rings (SSSR count). The van der Waals surface area contributed by atoms with Crippen LogP contribution in [-0.2, 0) is 0 Å². The van der Waals surface area contributed by atoms with Gasteiger partial charge in [0.1, 0.15) is 0 Å². The molecule has 16 nitrogen and oxygen atoms in total. The van der Waals surface area contributed by atoms with E-state index in [9.17, 15) is 0 Å². The number of benzene rings is 16. The molecule has 0 amide bonds. The molecule has 0 saturated carbocycles. The second kappa shape index (κ2) is 20.6. The lowest BCUT2D eigenvalue weighted by atomic mass is 9.91. The molecule has 0 N–H and O–H groups in total. The van der Waals surface area contributed by atoms with Gasteiger partial charge >= 0.3 is 24.6 Å². The van der Waals surface area contributed by atoms with Crippen molar-refractivity contribution in [2.24, 2.45) is 0 Å². The minimum Gasteiger partial charge on any atom is -0.382 e. The minimum atomic E-state index is -1.94. The molecule has 12 bridgehead atoms. The van der Waals surface area contributed by atoms with E-state index in [0.29, 0.717) is 92.0 Å². The van der Waals surface area contributed by atoms with E-state index in [1.807, 2.05) is 243 Å². The number of hydrogen-bond donors (Lipinski definition) is 0. The van der Waals surface area contributed by atoms with Crippen LogP contribution in [0.4, 0.5) is 0 Å². The summed E-state index contributed by atoms with van der Waals surface area (Å²) < 4.78 is 107. The summed E-state index contributed by atoms with van der Waals surface area (Å²) in [6.45, 7) is 4.46. The van der Waals surface area contributed by atoms with Crippen molar-refractivity contribution in [3.8, 4) is 136 Å². The molecule has 10 heterocycles. The molecule has 4 spiro atoms. The quantitative estimate of drug-likeness (QED) is 0.154. The highest BCUT2D eigenvalue weighted by molar-refractivity contribution is 6.17. The van der Waals surface area contributed by atoms with Crippen LogP contribution >= 0.6 is 0 Å². The van der Waals surface area contributed by atoms with Crippen molar-refractivity contribution in [3.05, 3.63) is 243 Å². The standard InChI is InChI=1S/2C42H20O8.C6H14/c2*1-5-13-25-21(9-1)17-29-37-33(25)34-26-14-6-2-10-22(26)18-30-38(34)48-42(45-30)46-32-20-24-12-4-8-16-28(24)36(40(32)50-42)35-27-15-7-3-11-23(27)19-31-39(35)49-41(43-29,44-31)47-37;1-3-5-6-4-2/h2*1-20H;3-6H2,1-2H3. The first-order valence-corrected chi connectivity index (χ1v) is 35.7. The fraction of sp³-hybridized carbons (Fsp3) is 0.111. The zero-order valence-electron chi connectivity index (χ0n) is 56.5. The Morgan fingerprint density at radius 1 is 0.179 bits per heavy atom. The maximum Gasteiger partial charge on any atom is 0.611 e. The van der Waals surface area contributed by atoms with Crippen LogP contribution in [0, 0.1) is 0 Å². The number of unbranched alkanes of at least 4 members (excludes halogenated alkanes) is 3. The number of hydrogen-bond acceptors (Lipinski definition) is 16. The van der Waals surface area contributed by atoms with Crippen LogP contribution in [0.25, 0.3) is 131 Å². The van der Waals surface area contributed by atoms with Crippen molar-refractivity contribution in [2.45, 2.75) is 64.2 Å². The molecule has 16 aromatic carbocycles. The maximum absolute atomic E-state index is 6.80. The summed E-state index contributed by atoms with van der Waals surface area (Å²) in [7, 11) is 0. The van der Waals surface area contributed by atoms with Crippen molar-refractivity contribution < 1.29 is 75.8 Å². The highest BCUT2D eigenvalue weighted by Crippen LogP contribution is 2.67. The minimum absolute atomic E-state index is 0.447. The normalized spacial score (nSPS) is 16.4. The van der Waals surface area contributed by atoms with E-state index >= 15 is 0 Å². The molecule has 0 aliphatic carbocycles. The van der Waals surface area contributed by atoms with E-state index in [1.165, 1.54) is 25.7 Å². The Morgan fingerprint density at radius 3 is 0.443 bits per heavy atom. The van der Waals surface area contributed by atoms with Gasteiger partial charge in [0.05, 0.1) is 0 Å². The summed E-state index contributed by atoms with van der Waals surface area (Å²) in [4.78, 5) is 0. The van der Waals surface area contributed by atoms with Gasteiger partial charge in [-0.3, -0.25) is 0 Å². The van der Waals surface area contributed by atoms with Crippen molar-refractivity contribution in [1.29, 1.82) is 0 Å². The van der Waals surface area contributed by atoms with E-state index in [2.05, 4.69) is 13.8 Å². The van der Waals surface area contributed by atoms with Crippen LogP contribution in [0.1, 0.15) is 39.5 Å². The predicted octanol–water partition coefficient (Wildman–Crippen LogP) is 21.9. The Balaban J connectivity index is 0.000000117. The van der Waals surface area contributed by atoms with Gasteiger partial charge in [-0.05, 0) is 135 Å². The van der Waals surface area contributed by atoms with Crippen molar-refractivity contribution >= 4 is 86.2 Å². The first-order chi connectivity index (χ1) is 52.2. The highest BCUT2D eigenvalue weighted by Gasteiger charge is 2.62. The zero-order chi connectivity index (χ0) is 69.5. The Bertz CT molecular complexity index is 5510. The number of ether oxygens (including phenoxy) is 16. The van der Waals surface area contributed by atoms with Crippen LogP contribution in [-0.4, -0.2) is 24.6 Å². The molecular weight excluding hydrogens is 1340 g/mol. The van der Waals surface area contributed by atoms with E-state index in [1.54, 1.807) is 0 Å². The summed E-state index contributed by atoms with van der Waals surface area (Å²) in [5.74, 6) is 7.29. The first kappa shape index (κ1) is 58.0. The molecule has 0 fully saturated rings. The van der Waals surface area contributed by atoms with Crippen molar-refractivity contribution in [2.75, 3.05) is 0 Å². The Hall–Kier alpha value is -13.6. The molecule has 510 valence electrons. The fourth-order valence-electron chi connectivity index (χ4n) is 16.9. The molecule has 106 heavy (non-hydrogen) atoms. The van der Waals surface area contributed by atoms with Gasteiger partial charge in [0, 0.05) is 44.5 Å². The summed E-state index contributed by atoms with van der Waals surface area (Å²) in [6.07, 6.45) is -2.21. The summed E-state index contributed by atoms with van der Waals surface area (Å²) in [5.41, 5.74) is 5.86. The maximum atomic E-state index is 6.80. The van der Waals surface area contributed by atoms with E-state index in [0.717, 1.165) is 131 Å². The molecule has 0 aromatic heterocycles. The number of fused-ring (bicyclic) bond motifs is 20. The molecule has 0 atom stereocenters. The zero-order valence-corrected chi connectivity index (χ0v) is 56.5. The smallest absolute Gasteiger partial charge is 0.382 e. The van der Waals surface area contributed by atoms with Gasteiger partial charge in [-0.1, -0.05) is 234 Å². The third kappa shape index (κ3) is 7.95. The van der Waals surface area contributed by atoms with E-state index in [-0.39, 0.29) is 0 Å². The predicted molar refractivity (Wildman–Crippen MR) is 398 cm³/mol. The molecular formula is C90H54O16. The lowest BCUT2D eigenvalue weighted by Crippen LogP contribution is -2.47.